The maximum absolute atomic E-state index is 10.1. The van der Waals surface area contributed by atoms with Crippen molar-refractivity contribution in [3.8, 4) is 0 Å². The highest BCUT2D eigenvalue weighted by molar-refractivity contribution is 5.67. The lowest BCUT2D eigenvalue weighted by Gasteiger charge is -2.08. The molecule has 0 heterocycles. The molecule has 0 spiro atoms. The average molecular weight is 263 g/mol. The van der Waals surface area contributed by atoms with E-state index in [1.165, 1.54) is 0 Å². The highest BCUT2D eigenvalue weighted by atomic mass is 16.5. The van der Waals surface area contributed by atoms with Crippen molar-refractivity contribution in [2.75, 3.05) is 46.2 Å². The quantitative estimate of drug-likeness (QED) is 0.216. The van der Waals surface area contributed by atoms with E-state index in [2.05, 4.69) is 10.0 Å². The molecule has 0 radical (unpaired) electrons. The van der Waals surface area contributed by atoms with Gasteiger partial charge in [-0.2, -0.15) is 0 Å². The van der Waals surface area contributed by atoms with Gasteiger partial charge >= 0.3 is 5.97 Å². The van der Waals surface area contributed by atoms with E-state index in [0.717, 1.165) is 0 Å². The Hall–Kier alpha value is -1.38. The zero-order valence-corrected chi connectivity index (χ0v) is 9.90. The number of rotatable bonds is 12. The minimum atomic E-state index is -1.02. The van der Waals surface area contributed by atoms with Crippen LogP contribution in [0.4, 0.5) is 0 Å². The van der Waals surface area contributed by atoms with Gasteiger partial charge in [0.15, 0.2) is 0 Å². The molecule has 0 aliphatic heterocycles. The first kappa shape index (κ1) is 16.6. The Kier molecular flexibility index (Phi) is 11.2. The van der Waals surface area contributed by atoms with E-state index >= 15 is 0 Å². The second-order valence-corrected chi connectivity index (χ2v) is 3.20. The minimum absolute atomic E-state index is 0.0274. The number of hydrogen-bond acceptors (Lipinski definition) is 6. The summed E-state index contributed by atoms with van der Waals surface area (Å²) >= 11 is 0. The molecule has 0 aromatic heterocycles. The van der Waals surface area contributed by atoms with Gasteiger partial charge in [-0.05, 0) is 5.53 Å². The van der Waals surface area contributed by atoms with E-state index in [4.69, 9.17) is 24.8 Å². The Morgan fingerprint density at radius 3 is 2.44 bits per heavy atom. The van der Waals surface area contributed by atoms with E-state index in [1.54, 1.807) is 0 Å². The molecule has 104 valence electrons. The monoisotopic (exact) mass is 263 g/mol. The van der Waals surface area contributed by atoms with Crippen molar-refractivity contribution in [2.24, 2.45) is 5.11 Å². The molecule has 0 aliphatic carbocycles. The van der Waals surface area contributed by atoms with Crippen LogP contribution in [-0.4, -0.2) is 68.5 Å². The number of aliphatic carboxylic acids is 1. The highest BCUT2D eigenvalue weighted by Gasteiger charge is 2.01. The van der Waals surface area contributed by atoms with Gasteiger partial charge in [-0.1, -0.05) is 5.11 Å². The SMILES string of the molecule is [N-]=[N+]=NCC(O)COCCOCCOCC(=O)O. The number of carbonyl (C=O) groups is 1. The second kappa shape index (κ2) is 12.1. The molecule has 0 saturated carbocycles. The van der Waals surface area contributed by atoms with Gasteiger partial charge in [-0.15, -0.1) is 0 Å². The van der Waals surface area contributed by atoms with Crippen LogP contribution in [0.5, 0.6) is 0 Å². The van der Waals surface area contributed by atoms with Crippen LogP contribution < -0.4 is 0 Å². The van der Waals surface area contributed by atoms with Crippen molar-refractivity contribution in [1.29, 1.82) is 0 Å². The molecule has 18 heavy (non-hydrogen) atoms. The van der Waals surface area contributed by atoms with Crippen molar-refractivity contribution in [3.63, 3.8) is 0 Å². The van der Waals surface area contributed by atoms with Gasteiger partial charge in [-0.3, -0.25) is 0 Å². The maximum Gasteiger partial charge on any atom is 0.329 e. The highest BCUT2D eigenvalue weighted by Crippen LogP contribution is 1.88. The molecule has 0 saturated heterocycles. The lowest BCUT2D eigenvalue weighted by molar-refractivity contribution is -0.142. The molecule has 0 aromatic rings. The third-order valence-electron chi connectivity index (χ3n) is 1.64. The molecule has 0 rings (SSSR count). The molecule has 0 amide bonds. The fourth-order valence-corrected chi connectivity index (χ4v) is 0.900. The maximum atomic E-state index is 10.1. The van der Waals surface area contributed by atoms with E-state index in [-0.39, 0.29) is 39.6 Å². The van der Waals surface area contributed by atoms with Gasteiger partial charge in [0.1, 0.15) is 6.61 Å². The predicted octanol–water partition coefficient (Wildman–Crippen LogP) is -0.208. The molecular weight excluding hydrogens is 246 g/mol. The van der Waals surface area contributed by atoms with Gasteiger partial charge in [0.2, 0.25) is 0 Å². The standard InChI is InChI=1S/C9H17N3O6/c10-12-11-5-8(13)6-17-3-1-16-2-4-18-7-9(14)15/h8,13H,1-7H2,(H,14,15). The summed E-state index contributed by atoms with van der Waals surface area (Å²) in [6.45, 7) is 0.768. The smallest absolute Gasteiger partial charge is 0.329 e. The average Bonchev–Trinajstić information content (AvgIpc) is 2.34. The number of carboxylic acid groups (broad SMARTS) is 1. The summed E-state index contributed by atoms with van der Waals surface area (Å²) in [6, 6.07) is 0. The van der Waals surface area contributed by atoms with E-state index in [0.29, 0.717) is 6.61 Å². The summed E-state index contributed by atoms with van der Waals surface area (Å²) in [5.41, 5.74) is 8.00. The second-order valence-electron chi connectivity index (χ2n) is 3.20. The topological polar surface area (TPSA) is 134 Å². The Balaban J connectivity index is 3.16. The number of nitrogens with zero attached hydrogens (tertiary/aromatic N) is 3. The summed E-state index contributed by atoms with van der Waals surface area (Å²) in [4.78, 5) is 12.6. The summed E-state index contributed by atoms with van der Waals surface area (Å²) in [5.74, 6) is -1.02. The lowest BCUT2D eigenvalue weighted by Crippen LogP contribution is -2.20. The number of azide groups is 1. The zero-order chi connectivity index (χ0) is 13.6. The van der Waals surface area contributed by atoms with E-state index < -0.39 is 12.1 Å². The summed E-state index contributed by atoms with van der Waals surface area (Å²) in [6.07, 6.45) is -0.820. The van der Waals surface area contributed by atoms with Crippen molar-refractivity contribution in [3.05, 3.63) is 10.4 Å². The first-order valence-electron chi connectivity index (χ1n) is 5.30. The van der Waals surface area contributed by atoms with Crippen LogP contribution in [0, 0.1) is 0 Å². The van der Waals surface area contributed by atoms with Crippen LogP contribution in [-0.2, 0) is 19.0 Å². The third kappa shape index (κ3) is 12.7. The zero-order valence-electron chi connectivity index (χ0n) is 9.90. The largest absolute Gasteiger partial charge is 0.480 e. The lowest BCUT2D eigenvalue weighted by atomic mass is 10.4. The Labute approximate surface area is 104 Å². The normalized spacial score (nSPS) is 11.8. The number of carboxylic acids is 1. The first-order valence-corrected chi connectivity index (χ1v) is 5.30. The molecule has 0 aliphatic rings. The van der Waals surface area contributed by atoms with Gasteiger partial charge < -0.3 is 24.4 Å². The van der Waals surface area contributed by atoms with Crippen LogP contribution in [0.15, 0.2) is 5.11 Å². The van der Waals surface area contributed by atoms with Crippen LogP contribution in [0.3, 0.4) is 0 Å². The predicted molar refractivity (Wildman–Crippen MR) is 60.1 cm³/mol. The number of aliphatic hydroxyl groups is 1. The third-order valence-corrected chi connectivity index (χ3v) is 1.64. The minimum Gasteiger partial charge on any atom is -0.480 e. The summed E-state index contributed by atoms with van der Waals surface area (Å²) < 4.78 is 14.8. The van der Waals surface area contributed by atoms with Gasteiger partial charge in [-0.25, -0.2) is 4.79 Å². The summed E-state index contributed by atoms with van der Waals surface area (Å²) in [5, 5.41) is 20.6. The molecule has 9 nitrogen and oxygen atoms in total. The Morgan fingerprint density at radius 2 is 1.83 bits per heavy atom. The van der Waals surface area contributed by atoms with Crippen LogP contribution >= 0.6 is 0 Å². The van der Waals surface area contributed by atoms with E-state index in [1.807, 2.05) is 0 Å². The Morgan fingerprint density at radius 1 is 1.22 bits per heavy atom. The van der Waals surface area contributed by atoms with Gasteiger partial charge in [0.05, 0.1) is 45.7 Å². The van der Waals surface area contributed by atoms with Gasteiger partial charge in [0.25, 0.3) is 0 Å². The molecule has 1 atom stereocenters. The molecular formula is C9H17N3O6. The van der Waals surface area contributed by atoms with Crippen molar-refractivity contribution >= 4 is 5.97 Å². The fraction of sp³-hybridized carbons (Fsp3) is 0.889. The van der Waals surface area contributed by atoms with Crippen molar-refractivity contribution in [2.45, 2.75) is 6.10 Å². The van der Waals surface area contributed by atoms with Gasteiger partial charge in [0, 0.05) is 4.91 Å². The van der Waals surface area contributed by atoms with Crippen molar-refractivity contribution < 1.29 is 29.2 Å². The van der Waals surface area contributed by atoms with Crippen molar-refractivity contribution in [1.82, 2.24) is 0 Å². The number of ether oxygens (including phenoxy) is 3. The molecule has 0 bridgehead atoms. The van der Waals surface area contributed by atoms with Crippen LogP contribution in [0.1, 0.15) is 0 Å². The van der Waals surface area contributed by atoms with E-state index in [9.17, 15) is 9.90 Å². The number of aliphatic hydroxyl groups excluding tert-OH is 1. The molecule has 1 unspecified atom stereocenters. The number of hydrogen-bond donors (Lipinski definition) is 2. The molecule has 2 N–H and O–H groups in total. The Bertz CT molecular complexity index is 269. The first-order chi connectivity index (χ1) is 8.66. The molecule has 0 fully saturated rings. The molecule has 9 heteroatoms. The molecule has 0 aromatic carbocycles. The van der Waals surface area contributed by atoms with Crippen LogP contribution in [0.2, 0.25) is 0 Å². The fourth-order valence-electron chi connectivity index (χ4n) is 0.900. The summed E-state index contributed by atoms with van der Waals surface area (Å²) in [7, 11) is 0. The van der Waals surface area contributed by atoms with Crippen LogP contribution in [0.25, 0.3) is 10.4 Å².